The molecule has 10 heteroatoms. The molecule has 32 heavy (non-hydrogen) atoms. The van der Waals surface area contributed by atoms with E-state index in [0.29, 0.717) is 0 Å². The topological polar surface area (TPSA) is 88.4 Å². The Balaban J connectivity index is 1.85. The Hall–Kier alpha value is -3.11. The molecule has 0 fully saturated rings. The van der Waals surface area contributed by atoms with Gasteiger partial charge in [0.25, 0.3) is 5.91 Å². The molecule has 1 atom stereocenters. The first-order chi connectivity index (χ1) is 15.2. The van der Waals surface area contributed by atoms with E-state index in [2.05, 4.69) is 10.1 Å². The highest BCUT2D eigenvalue weighted by Crippen LogP contribution is 2.25. The van der Waals surface area contributed by atoms with Gasteiger partial charge in [0.1, 0.15) is 23.4 Å². The predicted molar refractivity (Wildman–Crippen MR) is 118 cm³/mol. The first kappa shape index (κ1) is 23.6. The van der Waals surface area contributed by atoms with Crippen LogP contribution >= 0.6 is 0 Å². The summed E-state index contributed by atoms with van der Waals surface area (Å²) in [6, 6.07) is 10.6. The maximum Gasteiger partial charge on any atom is 0.254 e. The quantitative estimate of drug-likeness (QED) is 0.516. The van der Waals surface area contributed by atoms with E-state index in [4.69, 9.17) is 0 Å². The fourth-order valence-corrected chi connectivity index (χ4v) is 4.94. The number of hydrogen-bond donors (Lipinski definition) is 0. The third-order valence-electron chi connectivity index (χ3n) is 5.46. The number of nitrogens with zero attached hydrogens (tertiary/aromatic N) is 5. The lowest BCUT2D eigenvalue weighted by molar-refractivity contribution is 0.0742. The molecule has 1 amide bonds. The summed E-state index contributed by atoms with van der Waals surface area (Å²) in [7, 11) is -2.41. The van der Waals surface area contributed by atoms with Crippen molar-refractivity contribution < 1.29 is 17.6 Å². The predicted octanol–water partition coefficient (Wildman–Crippen LogP) is 3.27. The zero-order valence-corrected chi connectivity index (χ0v) is 19.3. The smallest absolute Gasteiger partial charge is 0.254 e. The van der Waals surface area contributed by atoms with Crippen LogP contribution in [0.5, 0.6) is 0 Å². The molecule has 0 N–H and O–H groups in total. The molecule has 0 aliphatic rings. The van der Waals surface area contributed by atoms with Crippen LogP contribution in [0.25, 0.3) is 5.69 Å². The summed E-state index contributed by atoms with van der Waals surface area (Å²) in [5.74, 6) is -1.29. The monoisotopic (exact) mass is 459 g/mol. The van der Waals surface area contributed by atoms with E-state index >= 15 is 0 Å². The van der Waals surface area contributed by atoms with E-state index in [1.807, 2.05) is 31.2 Å². The summed E-state index contributed by atoms with van der Waals surface area (Å²) in [6.45, 7) is 5.63. The van der Waals surface area contributed by atoms with Crippen molar-refractivity contribution in [2.45, 2.75) is 31.7 Å². The molecule has 8 nitrogen and oxygen atoms in total. The molecule has 170 valence electrons. The lowest BCUT2D eigenvalue weighted by atomic mass is 10.1. The van der Waals surface area contributed by atoms with Gasteiger partial charge in [-0.15, -0.1) is 0 Å². The Labute approximate surface area is 187 Å². The molecule has 0 aliphatic heterocycles. The number of benzene rings is 2. The molecule has 3 aromatic rings. The largest absolute Gasteiger partial charge is 0.335 e. The summed E-state index contributed by atoms with van der Waals surface area (Å²) in [5, 5.41) is 4.08. The van der Waals surface area contributed by atoms with E-state index < -0.39 is 26.6 Å². The maximum atomic E-state index is 14.4. The molecule has 0 spiro atoms. The number of carbonyl (C=O) groups excluding carboxylic acids is 1. The molecule has 1 unspecified atom stereocenters. The van der Waals surface area contributed by atoms with E-state index in [0.717, 1.165) is 27.7 Å². The van der Waals surface area contributed by atoms with E-state index in [9.17, 15) is 17.6 Å². The average Bonchev–Trinajstić information content (AvgIpc) is 3.33. The highest BCUT2D eigenvalue weighted by atomic mass is 32.2. The van der Waals surface area contributed by atoms with Crippen molar-refractivity contribution in [3.8, 4) is 5.69 Å². The average molecular weight is 460 g/mol. The van der Waals surface area contributed by atoms with E-state index in [-0.39, 0.29) is 24.7 Å². The Bertz CT molecular complexity index is 1180. The number of rotatable bonds is 8. The van der Waals surface area contributed by atoms with Crippen LogP contribution in [-0.4, -0.2) is 58.4 Å². The number of sulfonamides is 1. The van der Waals surface area contributed by atoms with Crippen LogP contribution in [-0.2, 0) is 10.0 Å². The number of hydrogen-bond acceptors (Lipinski definition) is 5. The molecule has 3 rings (SSSR count). The van der Waals surface area contributed by atoms with Gasteiger partial charge >= 0.3 is 0 Å². The highest BCUT2D eigenvalue weighted by molar-refractivity contribution is 7.89. The van der Waals surface area contributed by atoms with Gasteiger partial charge in [-0.05, 0) is 42.8 Å². The van der Waals surface area contributed by atoms with Crippen LogP contribution in [0.3, 0.4) is 0 Å². The van der Waals surface area contributed by atoms with Crippen molar-refractivity contribution in [2.75, 3.05) is 20.1 Å². The van der Waals surface area contributed by atoms with Crippen molar-refractivity contribution in [2.24, 2.45) is 0 Å². The molecule has 2 aromatic carbocycles. The van der Waals surface area contributed by atoms with E-state index in [1.54, 1.807) is 31.9 Å². The molecule has 0 saturated heterocycles. The van der Waals surface area contributed by atoms with Crippen LogP contribution in [0.1, 0.15) is 42.7 Å². The van der Waals surface area contributed by atoms with Crippen LogP contribution < -0.4 is 0 Å². The number of carbonyl (C=O) groups is 1. The standard InChI is InChI=1S/C22H26FN5O3S/c1-5-27(6-2)32(30,31)21-13-18(9-12-20(21)23)22(29)26(4)16(3)17-7-10-19(11-8-17)28-15-24-14-25-28/h7-16H,5-6H2,1-4H3. The van der Waals surface area contributed by atoms with Gasteiger partial charge in [-0.25, -0.2) is 22.5 Å². The zero-order valence-electron chi connectivity index (χ0n) is 18.4. The lowest BCUT2D eigenvalue weighted by Crippen LogP contribution is -2.32. The van der Waals surface area contributed by atoms with E-state index in [1.165, 1.54) is 17.3 Å². The fourth-order valence-electron chi connectivity index (χ4n) is 3.39. The first-order valence-corrected chi connectivity index (χ1v) is 11.7. The minimum Gasteiger partial charge on any atom is -0.335 e. The molecule has 1 aromatic heterocycles. The molecular formula is C22H26FN5O3S. The van der Waals surface area contributed by atoms with Crippen molar-refractivity contribution in [3.05, 3.63) is 72.1 Å². The summed E-state index contributed by atoms with van der Waals surface area (Å²) in [6.07, 6.45) is 3.03. The van der Waals surface area contributed by atoms with Gasteiger partial charge in [0.2, 0.25) is 10.0 Å². The van der Waals surface area contributed by atoms with Gasteiger partial charge in [-0.3, -0.25) is 4.79 Å². The number of halogens is 1. The second-order valence-electron chi connectivity index (χ2n) is 7.26. The SMILES string of the molecule is CCN(CC)S(=O)(=O)c1cc(C(=O)N(C)C(C)c2ccc(-n3cncn3)cc2)ccc1F. The van der Waals surface area contributed by atoms with Crippen LogP contribution in [0.15, 0.2) is 60.0 Å². The first-order valence-electron chi connectivity index (χ1n) is 10.2. The fraction of sp³-hybridized carbons (Fsp3) is 0.318. The molecule has 0 bridgehead atoms. The second-order valence-corrected chi connectivity index (χ2v) is 9.16. The van der Waals surface area contributed by atoms with Gasteiger partial charge in [0, 0.05) is 25.7 Å². The van der Waals surface area contributed by atoms with Crippen LogP contribution in [0, 0.1) is 5.82 Å². The molecule has 1 heterocycles. The van der Waals surface area contributed by atoms with Crippen molar-refractivity contribution in [1.29, 1.82) is 0 Å². The molecule has 0 radical (unpaired) electrons. The van der Waals surface area contributed by atoms with Gasteiger partial charge < -0.3 is 4.90 Å². The maximum absolute atomic E-state index is 14.4. The minimum atomic E-state index is -4.04. The summed E-state index contributed by atoms with van der Waals surface area (Å²) >= 11 is 0. The zero-order chi connectivity index (χ0) is 23.5. The Morgan fingerprint density at radius 3 is 2.34 bits per heavy atom. The third-order valence-corrected chi connectivity index (χ3v) is 7.53. The van der Waals surface area contributed by atoms with Gasteiger partial charge in [0.05, 0.1) is 11.7 Å². The summed E-state index contributed by atoms with van der Waals surface area (Å²) < 4.78 is 42.8. The van der Waals surface area contributed by atoms with Gasteiger partial charge in [-0.2, -0.15) is 9.40 Å². The van der Waals surface area contributed by atoms with Crippen molar-refractivity contribution in [1.82, 2.24) is 24.0 Å². The Kier molecular flexibility index (Phi) is 7.05. The Morgan fingerprint density at radius 1 is 1.12 bits per heavy atom. The summed E-state index contributed by atoms with van der Waals surface area (Å²) in [5.41, 5.74) is 1.81. The molecule has 0 aliphatic carbocycles. The number of amides is 1. The van der Waals surface area contributed by atoms with Gasteiger partial charge in [-0.1, -0.05) is 26.0 Å². The highest BCUT2D eigenvalue weighted by Gasteiger charge is 2.27. The third kappa shape index (κ3) is 4.56. The van der Waals surface area contributed by atoms with Gasteiger partial charge in [0.15, 0.2) is 0 Å². The normalized spacial score (nSPS) is 12.7. The van der Waals surface area contributed by atoms with Crippen molar-refractivity contribution in [3.63, 3.8) is 0 Å². The lowest BCUT2D eigenvalue weighted by Gasteiger charge is -2.26. The second kappa shape index (κ2) is 9.58. The van der Waals surface area contributed by atoms with Crippen LogP contribution in [0.2, 0.25) is 0 Å². The minimum absolute atomic E-state index is 0.103. The number of aromatic nitrogens is 3. The van der Waals surface area contributed by atoms with Crippen LogP contribution in [0.4, 0.5) is 4.39 Å². The Morgan fingerprint density at radius 2 is 1.78 bits per heavy atom. The van der Waals surface area contributed by atoms with Crippen molar-refractivity contribution >= 4 is 15.9 Å². The molecule has 0 saturated carbocycles. The molecular weight excluding hydrogens is 433 g/mol. The summed E-state index contributed by atoms with van der Waals surface area (Å²) in [4.78, 5) is 18.0.